The van der Waals surface area contributed by atoms with Crippen LogP contribution in [0.2, 0.25) is 0 Å². The summed E-state index contributed by atoms with van der Waals surface area (Å²) in [5.41, 5.74) is 0. The molecule has 1 aliphatic heterocycles. The molecule has 160 valence electrons. The zero-order valence-corrected chi connectivity index (χ0v) is 17.9. The van der Waals surface area contributed by atoms with Gasteiger partial charge in [-0.1, -0.05) is 13.8 Å². The molecule has 0 spiro atoms. The molecule has 0 bridgehead atoms. The van der Waals surface area contributed by atoms with Gasteiger partial charge in [0, 0.05) is 32.1 Å². The van der Waals surface area contributed by atoms with Gasteiger partial charge in [0.2, 0.25) is 21.8 Å². The molecule has 3 rings (SSSR count). The first-order valence-electron chi connectivity index (χ1n) is 9.97. The highest BCUT2D eigenvalue weighted by Gasteiger charge is 2.37. The van der Waals surface area contributed by atoms with E-state index in [4.69, 9.17) is 4.74 Å². The first-order chi connectivity index (χ1) is 13.7. The zero-order chi connectivity index (χ0) is 21.2. The van der Waals surface area contributed by atoms with Crippen LogP contribution in [-0.4, -0.2) is 69.4 Å². The van der Waals surface area contributed by atoms with Crippen molar-refractivity contribution in [3.8, 4) is 5.75 Å². The number of amides is 2. The molecule has 1 heterocycles. The number of carbonyl (C=O) groups excluding carboxylic acids is 2. The molecule has 1 saturated heterocycles. The summed E-state index contributed by atoms with van der Waals surface area (Å²) >= 11 is 0. The number of hydrogen-bond donors (Lipinski definition) is 1. The van der Waals surface area contributed by atoms with Crippen LogP contribution in [0.1, 0.15) is 26.7 Å². The van der Waals surface area contributed by atoms with Crippen molar-refractivity contribution in [1.29, 1.82) is 0 Å². The summed E-state index contributed by atoms with van der Waals surface area (Å²) in [5, 5.41) is 0. The van der Waals surface area contributed by atoms with E-state index in [1.807, 2.05) is 18.7 Å². The first-order valence-corrected chi connectivity index (χ1v) is 11.4. The summed E-state index contributed by atoms with van der Waals surface area (Å²) in [6.07, 6.45) is 1.92. The van der Waals surface area contributed by atoms with Crippen LogP contribution < -0.4 is 9.46 Å². The minimum Gasteiger partial charge on any atom is -0.497 e. The molecule has 0 radical (unpaired) electrons. The van der Waals surface area contributed by atoms with E-state index in [1.165, 1.54) is 19.2 Å². The maximum absolute atomic E-state index is 13.0. The molecule has 8 nitrogen and oxygen atoms in total. The molecule has 1 aliphatic carbocycles. The van der Waals surface area contributed by atoms with Crippen LogP contribution in [0.25, 0.3) is 0 Å². The van der Waals surface area contributed by atoms with E-state index in [-0.39, 0.29) is 28.5 Å². The van der Waals surface area contributed by atoms with Gasteiger partial charge in [-0.05, 0) is 43.0 Å². The van der Waals surface area contributed by atoms with Crippen molar-refractivity contribution in [2.75, 3.05) is 33.3 Å². The van der Waals surface area contributed by atoms with E-state index in [2.05, 4.69) is 4.72 Å². The Balaban J connectivity index is 1.65. The molecule has 1 aromatic carbocycles. The van der Waals surface area contributed by atoms with Crippen molar-refractivity contribution in [2.45, 2.75) is 37.6 Å². The number of sulfonamides is 1. The molecule has 1 aromatic rings. The van der Waals surface area contributed by atoms with Gasteiger partial charge >= 0.3 is 0 Å². The number of carbonyl (C=O) groups is 2. The number of nitrogens with zero attached hydrogens (tertiary/aromatic N) is 2. The van der Waals surface area contributed by atoms with E-state index in [1.54, 1.807) is 17.0 Å². The number of nitrogens with one attached hydrogen (secondary N) is 1. The molecular weight excluding hydrogens is 394 g/mol. The molecule has 1 atom stereocenters. The quantitative estimate of drug-likeness (QED) is 0.708. The van der Waals surface area contributed by atoms with E-state index in [0.717, 1.165) is 12.8 Å². The lowest BCUT2D eigenvalue weighted by atomic mass is 10.0. The number of rotatable bonds is 7. The van der Waals surface area contributed by atoms with Crippen LogP contribution >= 0.6 is 0 Å². The Labute approximate surface area is 172 Å². The van der Waals surface area contributed by atoms with Crippen molar-refractivity contribution in [2.24, 2.45) is 11.8 Å². The highest BCUT2D eigenvalue weighted by atomic mass is 32.2. The van der Waals surface area contributed by atoms with Crippen molar-refractivity contribution < 1.29 is 22.7 Å². The Morgan fingerprint density at radius 2 is 1.59 bits per heavy atom. The van der Waals surface area contributed by atoms with Gasteiger partial charge in [-0.3, -0.25) is 9.59 Å². The van der Waals surface area contributed by atoms with Gasteiger partial charge in [-0.15, -0.1) is 0 Å². The van der Waals surface area contributed by atoms with E-state index >= 15 is 0 Å². The third-order valence-corrected chi connectivity index (χ3v) is 6.87. The summed E-state index contributed by atoms with van der Waals surface area (Å²) < 4.78 is 33.2. The predicted molar refractivity (Wildman–Crippen MR) is 108 cm³/mol. The lowest BCUT2D eigenvalue weighted by molar-refractivity contribution is -0.141. The SMILES string of the molecule is COc1ccc(S(=O)(=O)N[C@H](C(=O)N2CCN(C(=O)C3CC3)CC2)C(C)C)cc1. The monoisotopic (exact) mass is 423 g/mol. The van der Waals surface area contributed by atoms with Gasteiger partial charge in [-0.25, -0.2) is 8.42 Å². The fourth-order valence-corrected chi connectivity index (χ4v) is 4.73. The summed E-state index contributed by atoms with van der Waals surface area (Å²) in [6, 6.07) is 5.16. The molecule has 0 unspecified atom stereocenters. The van der Waals surface area contributed by atoms with Crippen molar-refractivity contribution in [3.63, 3.8) is 0 Å². The Morgan fingerprint density at radius 3 is 2.07 bits per heavy atom. The van der Waals surface area contributed by atoms with Crippen LogP contribution in [0.4, 0.5) is 0 Å². The minimum atomic E-state index is -3.86. The molecule has 29 heavy (non-hydrogen) atoms. The van der Waals surface area contributed by atoms with Gasteiger partial charge in [-0.2, -0.15) is 4.72 Å². The third kappa shape index (κ3) is 5.08. The molecule has 0 aromatic heterocycles. The Kier molecular flexibility index (Phi) is 6.48. The fraction of sp³-hybridized carbons (Fsp3) is 0.600. The molecule has 2 aliphatic rings. The van der Waals surface area contributed by atoms with Crippen LogP contribution in [-0.2, 0) is 19.6 Å². The fourth-order valence-electron chi connectivity index (χ4n) is 3.39. The van der Waals surface area contributed by atoms with E-state index < -0.39 is 16.1 Å². The number of benzene rings is 1. The summed E-state index contributed by atoms with van der Waals surface area (Å²) in [5.74, 6) is 0.422. The van der Waals surface area contributed by atoms with Gasteiger partial charge in [0.25, 0.3) is 0 Å². The molecule has 2 amide bonds. The largest absolute Gasteiger partial charge is 0.497 e. The molecule has 1 N–H and O–H groups in total. The first kappa shape index (κ1) is 21.6. The molecular formula is C20H29N3O5S. The van der Waals surface area contributed by atoms with Crippen LogP contribution in [0, 0.1) is 11.8 Å². The molecule has 2 fully saturated rings. The second-order valence-corrected chi connectivity index (χ2v) is 9.66. The van der Waals surface area contributed by atoms with E-state index in [9.17, 15) is 18.0 Å². The standard InChI is InChI=1S/C20H29N3O5S/c1-14(2)18(21-29(26,27)17-8-6-16(28-3)7-9-17)20(25)23-12-10-22(11-13-23)19(24)15-4-5-15/h6-9,14-15,18,21H,4-5,10-13H2,1-3H3/t18-/m0/s1. The lowest BCUT2D eigenvalue weighted by Gasteiger charge is -2.37. The molecule has 9 heteroatoms. The number of methoxy groups -OCH3 is 1. The van der Waals surface area contributed by atoms with Crippen LogP contribution in [0.3, 0.4) is 0 Å². The average molecular weight is 424 g/mol. The Hall–Kier alpha value is -2.13. The van der Waals surface area contributed by atoms with Gasteiger partial charge in [0.1, 0.15) is 11.8 Å². The average Bonchev–Trinajstić information content (AvgIpc) is 3.56. The Bertz CT molecular complexity index is 841. The van der Waals surface area contributed by atoms with E-state index in [0.29, 0.717) is 31.9 Å². The van der Waals surface area contributed by atoms with Crippen LogP contribution in [0.15, 0.2) is 29.2 Å². The highest BCUT2D eigenvalue weighted by molar-refractivity contribution is 7.89. The normalized spacial score (nSPS) is 18.6. The summed E-state index contributed by atoms with van der Waals surface area (Å²) in [6.45, 7) is 5.46. The second-order valence-electron chi connectivity index (χ2n) is 7.94. The summed E-state index contributed by atoms with van der Waals surface area (Å²) in [4.78, 5) is 28.8. The van der Waals surface area contributed by atoms with Crippen LogP contribution in [0.5, 0.6) is 5.75 Å². The molecule has 1 saturated carbocycles. The number of ether oxygens (including phenoxy) is 1. The number of piperazine rings is 1. The predicted octanol–water partition coefficient (Wildman–Crippen LogP) is 1.08. The number of hydrogen-bond acceptors (Lipinski definition) is 5. The summed E-state index contributed by atoms with van der Waals surface area (Å²) in [7, 11) is -2.35. The minimum absolute atomic E-state index is 0.0802. The van der Waals surface area contributed by atoms with Gasteiger partial charge < -0.3 is 14.5 Å². The zero-order valence-electron chi connectivity index (χ0n) is 17.1. The van der Waals surface area contributed by atoms with Gasteiger partial charge in [0.05, 0.1) is 12.0 Å². The smallest absolute Gasteiger partial charge is 0.241 e. The maximum atomic E-state index is 13.0. The lowest BCUT2D eigenvalue weighted by Crippen LogP contribution is -2.57. The Morgan fingerprint density at radius 1 is 1.03 bits per heavy atom. The highest BCUT2D eigenvalue weighted by Crippen LogP contribution is 2.31. The topological polar surface area (TPSA) is 96.0 Å². The van der Waals surface area contributed by atoms with Gasteiger partial charge in [0.15, 0.2) is 0 Å². The maximum Gasteiger partial charge on any atom is 0.241 e. The van der Waals surface area contributed by atoms with Crippen molar-refractivity contribution >= 4 is 21.8 Å². The third-order valence-electron chi connectivity index (χ3n) is 5.41. The van der Waals surface area contributed by atoms with Crippen molar-refractivity contribution in [1.82, 2.24) is 14.5 Å². The second kappa shape index (κ2) is 8.71. The van der Waals surface area contributed by atoms with Crippen molar-refractivity contribution in [3.05, 3.63) is 24.3 Å².